The molecule has 0 spiro atoms. The summed E-state index contributed by atoms with van der Waals surface area (Å²) >= 11 is 0. The van der Waals surface area contributed by atoms with E-state index in [-0.39, 0.29) is 6.04 Å². The standard InChI is InChI=1S/C6H15NO2/c1-4-6(3,8)5(2)7-9/h5,7-9H,4H2,1-3H3. The summed E-state index contributed by atoms with van der Waals surface area (Å²) in [6.07, 6.45) is 0.627. The van der Waals surface area contributed by atoms with Gasteiger partial charge in [0.2, 0.25) is 0 Å². The van der Waals surface area contributed by atoms with Crippen LogP contribution >= 0.6 is 0 Å². The van der Waals surface area contributed by atoms with Gasteiger partial charge in [-0.15, -0.1) is 0 Å². The second-order valence-electron chi connectivity index (χ2n) is 2.56. The highest BCUT2D eigenvalue weighted by Crippen LogP contribution is 2.12. The fraction of sp³-hybridized carbons (Fsp3) is 1.00. The molecule has 2 atom stereocenters. The molecule has 9 heavy (non-hydrogen) atoms. The molecule has 0 bridgehead atoms. The van der Waals surface area contributed by atoms with Crippen molar-refractivity contribution in [3.05, 3.63) is 0 Å². The lowest BCUT2D eigenvalue weighted by atomic mass is 9.96. The Kier molecular flexibility index (Phi) is 3.11. The molecule has 0 amide bonds. The van der Waals surface area contributed by atoms with Crippen molar-refractivity contribution in [2.75, 3.05) is 0 Å². The van der Waals surface area contributed by atoms with Gasteiger partial charge in [0.05, 0.1) is 11.6 Å². The first-order valence-electron chi connectivity index (χ1n) is 3.16. The van der Waals surface area contributed by atoms with Crippen molar-refractivity contribution < 1.29 is 10.3 Å². The van der Waals surface area contributed by atoms with Crippen LogP contribution in [-0.2, 0) is 0 Å². The Labute approximate surface area is 55.7 Å². The number of hydrogen-bond acceptors (Lipinski definition) is 3. The zero-order chi connectivity index (χ0) is 7.49. The predicted octanol–water partition coefficient (Wildman–Crippen LogP) is 0.515. The molecular formula is C6H15NO2. The quantitative estimate of drug-likeness (QED) is 0.492. The van der Waals surface area contributed by atoms with Crippen LogP contribution in [0.5, 0.6) is 0 Å². The average molecular weight is 133 g/mol. The van der Waals surface area contributed by atoms with Gasteiger partial charge in [-0.1, -0.05) is 6.92 Å². The zero-order valence-corrected chi connectivity index (χ0v) is 6.18. The fourth-order valence-electron chi connectivity index (χ4n) is 0.445. The van der Waals surface area contributed by atoms with Gasteiger partial charge in [-0.05, 0) is 20.3 Å². The molecule has 0 aromatic carbocycles. The summed E-state index contributed by atoms with van der Waals surface area (Å²) in [4.78, 5) is 0. The Hall–Kier alpha value is -0.120. The summed E-state index contributed by atoms with van der Waals surface area (Å²) in [5, 5.41) is 17.8. The van der Waals surface area contributed by atoms with Crippen LogP contribution in [0.4, 0.5) is 0 Å². The van der Waals surface area contributed by atoms with E-state index in [9.17, 15) is 5.11 Å². The van der Waals surface area contributed by atoms with Gasteiger partial charge in [-0.25, -0.2) is 0 Å². The molecule has 3 nitrogen and oxygen atoms in total. The van der Waals surface area contributed by atoms with Crippen LogP contribution in [0.15, 0.2) is 0 Å². The number of aliphatic hydroxyl groups is 1. The van der Waals surface area contributed by atoms with Crippen molar-refractivity contribution in [1.29, 1.82) is 0 Å². The van der Waals surface area contributed by atoms with E-state index in [4.69, 9.17) is 5.21 Å². The topological polar surface area (TPSA) is 52.5 Å². The minimum absolute atomic E-state index is 0.275. The number of hydroxylamine groups is 1. The Morgan fingerprint density at radius 3 is 2.22 bits per heavy atom. The van der Waals surface area contributed by atoms with E-state index in [1.165, 1.54) is 0 Å². The van der Waals surface area contributed by atoms with Gasteiger partial charge >= 0.3 is 0 Å². The molecule has 3 heteroatoms. The van der Waals surface area contributed by atoms with Crippen molar-refractivity contribution in [2.45, 2.75) is 38.8 Å². The third kappa shape index (κ3) is 2.30. The molecule has 0 heterocycles. The molecule has 0 aromatic rings. The first-order chi connectivity index (χ1) is 4.04. The maximum Gasteiger partial charge on any atom is 0.0789 e. The van der Waals surface area contributed by atoms with E-state index in [1.807, 2.05) is 12.4 Å². The van der Waals surface area contributed by atoms with Crippen molar-refractivity contribution in [3.8, 4) is 0 Å². The normalized spacial score (nSPS) is 21.0. The molecule has 0 rings (SSSR count). The van der Waals surface area contributed by atoms with Gasteiger partial charge in [-0.2, -0.15) is 5.48 Å². The third-order valence-corrected chi connectivity index (χ3v) is 1.84. The van der Waals surface area contributed by atoms with E-state index < -0.39 is 5.60 Å². The smallest absolute Gasteiger partial charge is 0.0789 e. The minimum Gasteiger partial charge on any atom is -0.388 e. The molecule has 0 saturated carbocycles. The van der Waals surface area contributed by atoms with Gasteiger partial charge in [0, 0.05) is 0 Å². The summed E-state index contributed by atoms with van der Waals surface area (Å²) < 4.78 is 0. The SMILES string of the molecule is CCC(C)(O)C(C)NO. The highest BCUT2D eigenvalue weighted by atomic mass is 16.5. The van der Waals surface area contributed by atoms with Crippen LogP contribution in [0.2, 0.25) is 0 Å². The number of nitrogens with one attached hydrogen (secondary N) is 1. The summed E-state index contributed by atoms with van der Waals surface area (Å²) in [6.45, 7) is 5.28. The molecule has 0 saturated heterocycles. The maximum absolute atomic E-state index is 9.37. The van der Waals surface area contributed by atoms with Crippen molar-refractivity contribution >= 4 is 0 Å². The van der Waals surface area contributed by atoms with Crippen LogP contribution in [0, 0.1) is 0 Å². The highest BCUT2D eigenvalue weighted by Gasteiger charge is 2.24. The summed E-state index contributed by atoms with van der Waals surface area (Å²) in [6, 6.07) is -0.275. The summed E-state index contributed by atoms with van der Waals surface area (Å²) in [5.41, 5.74) is 1.20. The van der Waals surface area contributed by atoms with E-state index in [2.05, 4.69) is 0 Å². The molecule has 0 aliphatic heterocycles. The van der Waals surface area contributed by atoms with Crippen LogP contribution in [0.25, 0.3) is 0 Å². The monoisotopic (exact) mass is 133 g/mol. The molecule has 2 unspecified atom stereocenters. The van der Waals surface area contributed by atoms with Crippen LogP contribution in [0.1, 0.15) is 27.2 Å². The molecule has 0 aliphatic rings. The van der Waals surface area contributed by atoms with Gasteiger partial charge in [-0.3, -0.25) is 0 Å². The maximum atomic E-state index is 9.37. The van der Waals surface area contributed by atoms with Crippen LogP contribution in [0.3, 0.4) is 0 Å². The predicted molar refractivity (Wildman–Crippen MR) is 35.3 cm³/mol. The van der Waals surface area contributed by atoms with Gasteiger partial charge in [0.1, 0.15) is 0 Å². The Morgan fingerprint density at radius 1 is 1.67 bits per heavy atom. The van der Waals surface area contributed by atoms with E-state index >= 15 is 0 Å². The third-order valence-electron chi connectivity index (χ3n) is 1.84. The van der Waals surface area contributed by atoms with Gasteiger partial charge < -0.3 is 10.3 Å². The molecule has 3 N–H and O–H groups in total. The van der Waals surface area contributed by atoms with Gasteiger partial charge in [0.15, 0.2) is 0 Å². The Bertz CT molecular complexity index is 83.1. The molecule has 0 radical (unpaired) electrons. The van der Waals surface area contributed by atoms with Crippen LogP contribution in [-0.4, -0.2) is 22.0 Å². The largest absolute Gasteiger partial charge is 0.388 e. The van der Waals surface area contributed by atoms with Gasteiger partial charge in [0.25, 0.3) is 0 Å². The minimum atomic E-state index is -0.811. The van der Waals surface area contributed by atoms with Crippen molar-refractivity contribution in [1.82, 2.24) is 5.48 Å². The first-order valence-corrected chi connectivity index (χ1v) is 3.16. The van der Waals surface area contributed by atoms with E-state index in [0.717, 1.165) is 0 Å². The summed E-state index contributed by atoms with van der Waals surface area (Å²) in [7, 11) is 0. The Morgan fingerprint density at radius 2 is 2.11 bits per heavy atom. The second-order valence-corrected chi connectivity index (χ2v) is 2.56. The van der Waals surface area contributed by atoms with Crippen LogP contribution < -0.4 is 5.48 Å². The molecule has 0 aliphatic carbocycles. The first kappa shape index (κ1) is 8.88. The average Bonchev–Trinajstić information content (AvgIpc) is 1.86. The fourth-order valence-corrected chi connectivity index (χ4v) is 0.445. The molecule has 56 valence electrons. The number of hydrogen-bond donors (Lipinski definition) is 3. The van der Waals surface area contributed by atoms with Crippen molar-refractivity contribution in [2.24, 2.45) is 0 Å². The zero-order valence-electron chi connectivity index (χ0n) is 6.18. The highest BCUT2D eigenvalue weighted by molar-refractivity contribution is 4.80. The lowest BCUT2D eigenvalue weighted by molar-refractivity contribution is -0.0262. The summed E-state index contributed by atoms with van der Waals surface area (Å²) in [5.74, 6) is 0. The Balaban J connectivity index is 3.80. The molecule has 0 fully saturated rings. The lowest BCUT2D eigenvalue weighted by Crippen LogP contribution is -2.44. The van der Waals surface area contributed by atoms with E-state index in [0.29, 0.717) is 6.42 Å². The van der Waals surface area contributed by atoms with Crippen molar-refractivity contribution in [3.63, 3.8) is 0 Å². The van der Waals surface area contributed by atoms with E-state index in [1.54, 1.807) is 13.8 Å². The molecular weight excluding hydrogens is 118 g/mol. The number of rotatable bonds is 3. The lowest BCUT2D eigenvalue weighted by Gasteiger charge is -2.27. The molecule has 0 aromatic heterocycles. The second kappa shape index (κ2) is 3.15.